The predicted octanol–water partition coefficient (Wildman–Crippen LogP) is 0.810. The van der Waals surface area contributed by atoms with Crippen molar-refractivity contribution in [2.75, 3.05) is 30.7 Å². The van der Waals surface area contributed by atoms with Crippen molar-refractivity contribution < 1.29 is 72.8 Å². The van der Waals surface area contributed by atoms with Crippen LogP contribution in [0.15, 0.2) is 53.2 Å². The van der Waals surface area contributed by atoms with Gasteiger partial charge >= 0.3 is 18.0 Å². The van der Waals surface area contributed by atoms with Crippen LogP contribution >= 0.6 is 11.8 Å². The lowest BCUT2D eigenvalue weighted by Gasteiger charge is -2.37. The van der Waals surface area contributed by atoms with Crippen LogP contribution in [0.5, 0.6) is 0 Å². The van der Waals surface area contributed by atoms with Crippen LogP contribution in [-0.2, 0) is 59.3 Å². The molecule has 1 aromatic rings. The third kappa shape index (κ3) is 21.4. The number of carboxylic acid groups (broad SMARTS) is 1. The molecule has 0 aromatic heterocycles. The van der Waals surface area contributed by atoms with Crippen LogP contribution in [0.25, 0.3) is 0 Å². The Labute approximate surface area is 485 Å². The molecule has 29 heteroatoms. The molecule has 28 nitrogen and oxygen atoms in total. The van der Waals surface area contributed by atoms with Crippen molar-refractivity contribution in [3.63, 3.8) is 0 Å². The molecular weight excluding hydrogens is 1100 g/mol. The van der Waals surface area contributed by atoms with Gasteiger partial charge in [-0.3, -0.25) is 57.9 Å². The van der Waals surface area contributed by atoms with E-state index in [0.29, 0.717) is 30.5 Å². The first-order valence-electron chi connectivity index (χ1n) is 27.6. The second kappa shape index (κ2) is 32.6. The number of hydrogen-bond acceptors (Lipinski definition) is 17. The molecule has 3 aliphatic rings. The van der Waals surface area contributed by atoms with Crippen molar-refractivity contribution in [2.24, 2.45) is 34.0 Å². The van der Waals surface area contributed by atoms with Crippen LogP contribution in [0.1, 0.15) is 118 Å². The van der Waals surface area contributed by atoms with E-state index in [1.807, 2.05) is 0 Å². The van der Waals surface area contributed by atoms with Gasteiger partial charge < -0.3 is 74.1 Å². The van der Waals surface area contributed by atoms with Crippen LogP contribution in [0.4, 0.5) is 10.5 Å². The highest BCUT2D eigenvalue weighted by atomic mass is 32.2. The van der Waals surface area contributed by atoms with Crippen molar-refractivity contribution in [1.29, 1.82) is 0 Å². The van der Waals surface area contributed by atoms with Gasteiger partial charge in [0.15, 0.2) is 5.96 Å². The normalized spacial score (nSPS) is 18.7. The number of guanidine groups is 1. The number of carbonyl (C=O) groups is 11. The number of aliphatic imine (C=N–C) groups is 1. The number of rotatable bonds is 33. The molecule has 4 rings (SSSR count). The zero-order valence-electron chi connectivity index (χ0n) is 47.7. The number of urea groups is 1. The first-order chi connectivity index (χ1) is 39.2. The lowest BCUT2D eigenvalue weighted by Crippen LogP contribution is -2.60. The highest BCUT2D eigenvalue weighted by Crippen LogP contribution is 2.29. The monoisotopic (exact) mass is 1180 g/mol. The van der Waals surface area contributed by atoms with E-state index in [1.54, 1.807) is 65.8 Å². The minimum atomic E-state index is -1.68. The maximum absolute atomic E-state index is 14.0. The Bertz CT molecular complexity index is 2610. The SMILES string of the molecule is CC(C)NC1CC(O)=CN(C(CCCN=C(N)N)C(=O)NC2CC(O)=CN(C(CSC3CC(=O)N(CCCCCC(=O)NC(C(=O)NC(CCCNC(N)=O)C(=O)Nc4ccc(COC(=O)C(C)C)cc4)C(C)C)C3=O)C(=O)O)C2=O)C1=O. The average molecular weight is 1180 g/mol. The Morgan fingerprint density at radius 3 is 1.99 bits per heavy atom. The molecule has 0 bridgehead atoms. The fraction of sp³-hybridized carbons (Fsp3) is 0.593. The molecule has 1 saturated heterocycles. The zero-order valence-corrected chi connectivity index (χ0v) is 48.5. The van der Waals surface area contributed by atoms with E-state index in [-0.39, 0.29) is 101 Å². The molecule has 458 valence electrons. The highest BCUT2D eigenvalue weighted by molar-refractivity contribution is 8.00. The molecular formula is C54H81N13O15S. The molecule has 3 heterocycles. The number of nitrogens with one attached hydrogen (secondary N) is 6. The number of thioether (sulfide) groups is 1. The number of imide groups is 1. The lowest BCUT2D eigenvalue weighted by molar-refractivity contribution is -0.149. The molecule has 0 aliphatic carbocycles. The minimum absolute atomic E-state index is 0.00276. The number of esters is 1. The van der Waals surface area contributed by atoms with Crippen LogP contribution in [-0.4, -0.2) is 174 Å². The quantitative estimate of drug-likeness (QED) is 0.0152. The number of anilines is 1. The van der Waals surface area contributed by atoms with Gasteiger partial charge in [-0.1, -0.05) is 60.1 Å². The van der Waals surface area contributed by atoms with Crippen molar-refractivity contribution in [1.82, 2.24) is 41.3 Å². The molecule has 0 radical (unpaired) electrons. The van der Waals surface area contributed by atoms with E-state index >= 15 is 0 Å². The number of unbranched alkanes of at least 4 members (excludes halogenated alkanes) is 2. The van der Waals surface area contributed by atoms with Crippen molar-refractivity contribution >= 4 is 88.6 Å². The number of carbonyl (C=O) groups excluding carboxylic acids is 10. The summed E-state index contributed by atoms with van der Waals surface area (Å²) in [6.07, 6.45) is 2.82. The predicted molar refractivity (Wildman–Crippen MR) is 305 cm³/mol. The smallest absolute Gasteiger partial charge is 0.327 e. The first kappa shape index (κ1) is 67.6. The van der Waals surface area contributed by atoms with Gasteiger partial charge in [0.05, 0.1) is 17.2 Å². The number of nitrogens with two attached hydrogens (primary N) is 3. The van der Waals surface area contributed by atoms with Gasteiger partial charge in [0.2, 0.25) is 41.4 Å². The van der Waals surface area contributed by atoms with E-state index in [1.165, 1.54) is 0 Å². The van der Waals surface area contributed by atoms with Gasteiger partial charge in [0.1, 0.15) is 48.3 Å². The Morgan fingerprint density at radius 1 is 0.747 bits per heavy atom. The maximum atomic E-state index is 14.0. The average Bonchev–Trinajstić information content (AvgIpc) is 3.64. The van der Waals surface area contributed by atoms with Crippen molar-refractivity contribution in [2.45, 2.75) is 166 Å². The van der Waals surface area contributed by atoms with Gasteiger partial charge in [-0.05, 0) is 62.1 Å². The van der Waals surface area contributed by atoms with E-state index in [2.05, 4.69) is 36.9 Å². The van der Waals surface area contributed by atoms with Gasteiger partial charge in [0, 0.05) is 75.2 Å². The summed E-state index contributed by atoms with van der Waals surface area (Å²) in [5.41, 5.74) is 17.2. The highest BCUT2D eigenvalue weighted by Gasteiger charge is 2.44. The number of benzene rings is 1. The third-order valence-electron chi connectivity index (χ3n) is 13.4. The number of primary amides is 1. The Morgan fingerprint density at radius 2 is 1.39 bits per heavy atom. The van der Waals surface area contributed by atoms with E-state index in [9.17, 15) is 68.1 Å². The molecule has 15 N–H and O–H groups in total. The van der Waals surface area contributed by atoms with Crippen LogP contribution in [0.2, 0.25) is 0 Å². The van der Waals surface area contributed by atoms with Gasteiger partial charge in [-0.2, -0.15) is 0 Å². The third-order valence-corrected chi connectivity index (χ3v) is 14.7. The lowest BCUT2D eigenvalue weighted by atomic mass is 10.0. The summed E-state index contributed by atoms with van der Waals surface area (Å²) in [4.78, 5) is 151. The molecule has 10 amide bonds. The number of aliphatic hydroxyl groups excluding tert-OH is 2. The molecule has 83 heavy (non-hydrogen) atoms. The molecule has 0 saturated carbocycles. The molecule has 1 fully saturated rings. The number of hydrogen-bond donors (Lipinski definition) is 12. The summed E-state index contributed by atoms with van der Waals surface area (Å²) < 4.78 is 5.25. The summed E-state index contributed by atoms with van der Waals surface area (Å²) in [6, 6.07) is -1.86. The number of nitrogens with zero attached hydrogens (tertiary/aromatic N) is 4. The molecule has 7 atom stereocenters. The largest absolute Gasteiger partial charge is 0.511 e. The minimum Gasteiger partial charge on any atom is -0.511 e. The first-order valence-corrected chi connectivity index (χ1v) is 28.7. The Kier molecular flexibility index (Phi) is 26.6. The van der Waals surface area contributed by atoms with Gasteiger partial charge in [-0.25, -0.2) is 9.59 Å². The van der Waals surface area contributed by atoms with E-state index in [0.717, 1.165) is 38.9 Å². The second-order valence-electron chi connectivity index (χ2n) is 21.3. The van der Waals surface area contributed by atoms with Crippen LogP contribution < -0.4 is 49.1 Å². The number of aliphatic carboxylic acids is 1. The Hall–Kier alpha value is -7.95. The number of carboxylic acids is 1. The molecule has 3 aliphatic heterocycles. The van der Waals surface area contributed by atoms with Gasteiger partial charge in [0.25, 0.3) is 5.91 Å². The molecule has 0 spiro atoms. The number of amides is 10. The molecule has 1 aromatic carbocycles. The summed E-state index contributed by atoms with van der Waals surface area (Å²) in [5.74, 6) is -8.89. The number of aliphatic hydroxyl groups is 2. The molecule has 7 unspecified atom stereocenters. The van der Waals surface area contributed by atoms with Crippen molar-refractivity contribution in [3.8, 4) is 0 Å². The summed E-state index contributed by atoms with van der Waals surface area (Å²) in [5, 5.41) is 47.0. The van der Waals surface area contributed by atoms with Gasteiger partial charge in [-0.15, -0.1) is 11.8 Å². The topological polar surface area (TPSA) is 430 Å². The number of ether oxygens (including phenoxy) is 1. The standard InChI is InChI=1S/C54H81N13O15S/c1-29(2)44(47(74)62-36(12-10-20-59-54(57)81)45(72)61-33-17-15-32(16-18-33)27-82-52(80)30(3)4)64-42(70)14-8-7-9-21-65-43(71)24-41(50(65)77)83-28-40(51(78)79)67-26-35(69)23-38(49(67)76)63-46(73)39(13-11-19-58-53(55)56)66-25-34(68)22-37(48(66)75)60-31(5)6/h15-18,25-26,29-31,36-41,44,60,68-69H,7-14,19-24,27-28H2,1-6H3,(H,61,72)(H,62,74)(H,63,73)(H,64,70)(H,78,79)(H4,55,56,58)(H3,57,59,81). The fourth-order valence-corrected chi connectivity index (χ4v) is 10.3. The van der Waals surface area contributed by atoms with Crippen molar-refractivity contribution in [3.05, 3.63) is 53.7 Å². The van der Waals surface area contributed by atoms with Crippen LogP contribution in [0.3, 0.4) is 0 Å². The summed E-state index contributed by atoms with van der Waals surface area (Å²) in [6.45, 7) is 10.7. The summed E-state index contributed by atoms with van der Waals surface area (Å²) in [7, 11) is 0. The Balaban J connectivity index is 1.30. The maximum Gasteiger partial charge on any atom is 0.327 e. The fourth-order valence-electron chi connectivity index (χ4n) is 9.09. The van der Waals surface area contributed by atoms with E-state index < -0.39 is 125 Å². The van der Waals surface area contributed by atoms with E-state index in [4.69, 9.17) is 21.9 Å². The number of likely N-dealkylation sites (tertiary alicyclic amines) is 1. The zero-order chi connectivity index (χ0) is 61.7. The van der Waals surface area contributed by atoms with Crippen LogP contribution in [0, 0.1) is 11.8 Å². The summed E-state index contributed by atoms with van der Waals surface area (Å²) >= 11 is 0.828. The second-order valence-corrected chi connectivity index (χ2v) is 22.6.